The van der Waals surface area contributed by atoms with E-state index in [4.69, 9.17) is 11.6 Å². The summed E-state index contributed by atoms with van der Waals surface area (Å²) in [5.74, 6) is -0.415. The van der Waals surface area contributed by atoms with Crippen LogP contribution in [0.2, 0.25) is 5.02 Å². The van der Waals surface area contributed by atoms with Gasteiger partial charge < -0.3 is 15.7 Å². The minimum absolute atomic E-state index is 0.0191. The highest BCUT2D eigenvalue weighted by Gasteiger charge is 2.12. The molecular formula is C22H15ClFN5O. The number of aromatic nitrogens is 2. The van der Waals surface area contributed by atoms with E-state index in [9.17, 15) is 14.8 Å². The number of benzene rings is 2. The summed E-state index contributed by atoms with van der Waals surface area (Å²) >= 11 is 5.88. The van der Waals surface area contributed by atoms with Crippen molar-refractivity contribution in [2.45, 2.75) is 6.54 Å². The third-order valence-electron chi connectivity index (χ3n) is 4.50. The van der Waals surface area contributed by atoms with Crippen molar-refractivity contribution in [2.75, 3.05) is 10.6 Å². The summed E-state index contributed by atoms with van der Waals surface area (Å²) in [6.07, 6.45) is 3.09. The van der Waals surface area contributed by atoms with Crippen molar-refractivity contribution in [3.05, 3.63) is 83.0 Å². The van der Waals surface area contributed by atoms with Gasteiger partial charge in [-0.15, -0.1) is 0 Å². The maximum absolute atomic E-state index is 13.5. The first-order chi connectivity index (χ1) is 14.5. The summed E-state index contributed by atoms with van der Waals surface area (Å²) < 4.78 is 13.5. The molecule has 0 aliphatic heterocycles. The van der Waals surface area contributed by atoms with E-state index in [-0.39, 0.29) is 10.8 Å². The fraction of sp³-hybridized carbons (Fsp3) is 0.0455. The summed E-state index contributed by atoms with van der Waals surface area (Å²) in [7, 11) is 0. The van der Waals surface area contributed by atoms with Crippen LogP contribution in [0.3, 0.4) is 0 Å². The van der Waals surface area contributed by atoms with Crippen molar-refractivity contribution < 1.29 is 9.50 Å². The molecule has 0 saturated carbocycles. The Morgan fingerprint density at radius 2 is 1.93 bits per heavy atom. The molecule has 6 nitrogen and oxygen atoms in total. The van der Waals surface area contributed by atoms with E-state index in [1.54, 1.807) is 24.4 Å². The van der Waals surface area contributed by atoms with Crippen LogP contribution in [0.25, 0.3) is 10.9 Å². The molecule has 0 amide bonds. The molecule has 4 rings (SSSR count). The number of hydrogen-bond acceptors (Lipinski definition) is 6. The third kappa shape index (κ3) is 3.95. The van der Waals surface area contributed by atoms with Gasteiger partial charge in [-0.3, -0.25) is 9.97 Å². The average Bonchev–Trinajstić information content (AvgIpc) is 2.76. The van der Waals surface area contributed by atoms with Crippen LogP contribution >= 0.6 is 11.6 Å². The van der Waals surface area contributed by atoms with Crippen LogP contribution in [0.5, 0.6) is 5.75 Å². The molecule has 0 unspecified atom stereocenters. The average molecular weight is 420 g/mol. The lowest BCUT2D eigenvalue weighted by molar-refractivity contribution is 0.465. The SMILES string of the molecule is N#Cc1cnc2ccc(NCc3ncccc3O)cc2c1Nc1ccc(F)c(Cl)c1. The molecule has 0 radical (unpaired) electrons. The van der Waals surface area contributed by atoms with E-state index in [1.165, 1.54) is 18.3 Å². The topological polar surface area (TPSA) is 93.9 Å². The summed E-state index contributed by atoms with van der Waals surface area (Å²) in [5.41, 5.74) is 3.36. The lowest BCUT2D eigenvalue weighted by Crippen LogP contribution is -2.02. The Labute approximate surface area is 176 Å². The molecule has 148 valence electrons. The number of rotatable bonds is 5. The van der Waals surface area contributed by atoms with E-state index in [2.05, 4.69) is 26.7 Å². The van der Waals surface area contributed by atoms with E-state index in [0.29, 0.717) is 40.1 Å². The molecule has 3 N–H and O–H groups in total. The highest BCUT2D eigenvalue weighted by Crippen LogP contribution is 2.32. The number of nitriles is 1. The predicted molar refractivity (Wildman–Crippen MR) is 114 cm³/mol. The van der Waals surface area contributed by atoms with Gasteiger partial charge in [-0.1, -0.05) is 11.6 Å². The molecule has 2 heterocycles. The minimum atomic E-state index is -0.522. The van der Waals surface area contributed by atoms with Crippen molar-refractivity contribution in [1.29, 1.82) is 5.26 Å². The van der Waals surface area contributed by atoms with Gasteiger partial charge in [0.05, 0.1) is 28.3 Å². The zero-order valence-electron chi connectivity index (χ0n) is 15.5. The summed E-state index contributed by atoms with van der Waals surface area (Å²) in [6.45, 7) is 0.319. The number of hydrogen-bond donors (Lipinski definition) is 3. The zero-order valence-corrected chi connectivity index (χ0v) is 16.3. The quantitative estimate of drug-likeness (QED) is 0.403. The van der Waals surface area contributed by atoms with Crippen LogP contribution < -0.4 is 10.6 Å². The maximum Gasteiger partial charge on any atom is 0.141 e. The third-order valence-corrected chi connectivity index (χ3v) is 4.79. The first kappa shape index (κ1) is 19.4. The smallest absolute Gasteiger partial charge is 0.141 e. The van der Waals surface area contributed by atoms with E-state index in [0.717, 1.165) is 5.69 Å². The molecule has 0 spiro atoms. The molecule has 2 aromatic carbocycles. The number of nitrogens with zero attached hydrogens (tertiary/aromatic N) is 3. The molecule has 0 aliphatic carbocycles. The first-order valence-corrected chi connectivity index (χ1v) is 9.34. The fourth-order valence-electron chi connectivity index (χ4n) is 2.99. The Bertz CT molecular complexity index is 1290. The van der Waals surface area contributed by atoms with Crippen LogP contribution in [0, 0.1) is 17.1 Å². The Hall–Kier alpha value is -3.89. The van der Waals surface area contributed by atoms with Gasteiger partial charge in [0.1, 0.15) is 23.3 Å². The normalized spacial score (nSPS) is 10.6. The molecule has 0 fully saturated rings. The molecular weight excluding hydrogens is 405 g/mol. The largest absolute Gasteiger partial charge is 0.506 e. The molecule has 0 saturated heterocycles. The standard InChI is InChI=1S/C22H15ClFN5O/c23-17-9-15(3-5-18(17)24)29-22-13(10-25)11-28-19-6-4-14(8-16(19)22)27-12-20-21(30)2-1-7-26-20/h1-9,11,27,30H,12H2,(H,28,29). The van der Waals surface area contributed by atoms with Crippen LogP contribution in [0.4, 0.5) is 21.5 Å². The van der Waals surface area contributed by atoms with E-state index < -0.39 is 5.82 Å². The van der Waals surface area contributed by atoms with E-state index in [1.807, 2.05) is 18.2 Å². The first-order valence-electron chi connectivity index (χ1n) is 8.97. The monoisotopic (exact) mass is 419 g/mol. The van der Waals surface area contributed by atoms with Gasteiger partial charge in [0.25, 0.3) is 0 Å². The second kappa shape index (κ2) is 8.23. The highest BCUT2D eigenvalue weighted by atomic mass is 35.5. The molecule has 0 aliphatic rings. The Morgan fingerprint density at radius 3 is 2.70 bits per heavy atom. The molecule has 30 heavy (non-hydrogen) atoms. The minimum Gasteiger partial charge on any atom is -0.506 e. The number of fused-ring (bicyclic) bond motifs is 1. The van der Waals surface area contributed by atoms with Crippen molar-refractivity contribution in [3.63, 3.8) is 0 Å². The van der Waals surface area contributed by atoms with Gasteiger partial charge in [-0.05, 0) is 48.5 Å². The second-order valence-electron chi connectivity index (χ2n) is 6.47. The molecule has 0 atom stereocenters. The van der Waals surface area contributed by atoms with Gasteiger partial charge in [0.2, 0.25) is 0 Å². The number of anilines is 3. The van der Waals surface area contributed by atoms with Gasteiger partial charge >= 0.3 is 0 Å². The van der Waals surface area contributed by atoms with Crippen LogP contribution in [0.15, 0.2) is 60.9 Å². The van der Waals surface area contributed by atoms with E-state index >= 15 is 0 Å². The molecule has 0 bridgehead atoms. The van der Waals surface area contributed by atoms with Crippen LogP contribution in [0.1, 0.15) is 11.3 Å². The number of pyridine rings is 2. The Kier molecular flexibility index (Phi) is 5.33. The summed E-state index contributed by atoms with van der Waals surface area (Å²) in [5, 5.41) is 26.5. The van der Waals surface area contributed by atoms with Crippen molar-refractivity contribution in [3.8, 4) is 11.8 Å². The van der Waals surface area contributed by atoms with Gasteiger partial charge in [-0.25, -0.2) is 4.39 Å². The van der Waals surface area contributed by atoms with Crippen LogP contribution in [-0.2, 0) is 6.54 Å². The maximum atomic E-state index is 13.5. The zero-order chi connectivity index (χ0) is 21.1. The lowest BCUT2D eigenvalue weighted by atomic mass is 10.1. The van der Waals surface area contributed by atoms with Crippen molar-refractivity contribution in [1.82, 2.24) is 9.97 Å². The number of nitrogens with one attached hydrogen (secondary N) is 2. The van der Waals surface area contributed by atoms with Crippen LogP contribution in [-0.4, -0.2) is 15.1 Å². The fourth-order valence-corrected chi connectivity index (χ4v) is 3.17. The summed E-state index contributed by atoms with van der Waals surface area (Å²) in [6, 6.07) is 15.1. The molecule has 4 aromatic rings. The second-order valence-corrected chi connectivity index (χ2v) is 6.87. The highest BCUT2D eigenvalue weighted by molar-refractivity contribution is 6.31. The predicted octanol–water partition coefficient (Wildman–Crippen LogP) is 5.36. The van der Waals surface area contributed by atoms with Gasteiger partial charge in [0.15, 0.2) is 0 Å². The lowest BCUT2D eigenvalue weighted by Gasteiger charge is -2.14. The van der Waals surface area contributed by atoms with Gasteiger partial charge in [0, 0.05) is 29.2 Å². The number of aromatic hydroxyl groups is 1. The Morgan fingerprint density at radius 1 is 1.10 bits per heavy atom. The van der Waals surface area contributed by atoms with Crippen molar-refractivity contribution in [2.24, 2.45) is 0 Å². The van der Waals surface area contributed by atoms with Gasteiger partial charge in [-0.2, -0.15) is 5.26 Å². The Balaban J connectivity index is 1.71. The molecule has 2 aromatic heterocycles. The molecule has 8 heteroatoms. The van der Waals surface area contributed by atoms with Crippen molar-refractivity contribution >= 4 is 39.6 Å². The summed E-state index contributed by atoms with van der Waals surface area (Å²) in [4.78, 5) is 8.48. The number of halogens is 2.